The summed E-state index contributed by atoms with van der Waals surface area (Å²) in [6.45, 7) is 5.09. The Balaban J connectivity index is 5.34. The maximum absolute atomic E-state index is 12.5. The number of halogens is 3. The molecule has 0 aliphatic carbocycles. The van der Waals surface area contributed by atoms with Crippen LogP contribution in [0.5, 0.6) is 0 Å². The molecule has 105 valence electrons. The van der Waals surface area contributed by atoms with Crippen LogP contribution in [0.4, 0.5) is 13.2 Å². The third-order valence-electron chi connectivity index (χ3n) is 2.39. The molecule has 0 aliphatic heterocycles. The van der Waals surface area contributed by atoms with Crippen molar-refractivity contribution in [3.05, 3.63) is 35.0 Å². The highest BCUT2D eigenvalue weighted by Gasteiger charge is 2.36. The van der Waals surface area contributed by atoms with Crippen LogP contribution in [0, 0.1) is 5.41 Å². The van der Waals surface area contributed by atoms with Gasteiger partial charge >= 0.3 is 6.18 Å². The molecule has 0 rings (SSSR count). The van der Waals surface area contributed by atoms with Gasteiger partial charge < -0.3 is 5.73 Å². The molecular formula is C13H19BF3N2. The molecule has 3 N–H and O–H groups in total. The van der Waals surface area contributed by atoms with Gasteiger partial charge in [-0.2, -0.15) is 13.2 Å². The normalized spacial score (nSPS) is 14.5. The number of nitrogens with two attached hydrogens (primary N) is 1. The number of nitrogens with one attached hydrogen (secondary N) is 1. The Hall–Kier alpha value is -1.46. The van der Waals surface area contributed by atoms with Gasteiger partial charge in [0.1, 0.15) is 13.0 Å². The smallest absolute Gasteiger partial charge is 0.402 e. The molecule has 1 radical (unpaired) electrons. The van der Waals surface area contributed by atoms with Gasteiger partial charge in [0.25, 0.3) is 0 Å². The average Bonchev–Trinajstić information content (AvgIpc) is 2.31. The Morgan fingerprint density at radius 2 is 1.95 bits per heavy atom. The van der Waals surface area contributed by atoms with Crippen molar-refractivity contribution in [2.75, 3.05) is 0 Å². The SMILES string of the molecule is C[B]C(=C/C(C(=N)C(F)(F)F)=C(\C)N)/C=C/CCC. The number of hydrogen-bond donors (Lipinski definition) is 2. The average molecular weight is 271 g/mol. The Bertz CT molecular complexity index is 403. The van der Waals surface area contributed by atoms with E-state index < -0.39 is 11.9 Å². The lowest BCUT2D eigenvalue weighted by Gasteiger charge is -2.12. The van der Waals surface area contributed by atoms with Crippen LogP contribution in [0.1, 0.15) is 26.7 Å². The zero-order valence-electron chi connectivity index (χ0n) is 11.4. The maximum Gasteiger partial charge on any atom is 0.433 e. The van der Waals surface area contributed by atoms with E-state index in [9.17, 15) is 13.2 Å². The van der Waals surface area contributed by atoms with E-state index in [1.807, 2.05) is 13.0 Å². The second-order valence-corrected chi connectivity index (χ2v) is 4.09. The minimum absolute atomic E-state index is 0.0226. The van der Waals surface area contributed by atoms with E-state index in [2.05, 4.69) is 0 Å². The zero-order chi connectivity index (χ0) is 15.1. The van der Waals surface area contributed by atoms with Gasteiger partial charge in [-0.25, -0.2) is 0 Å². The largest absolute Gasteiger partial charge is 0.433 e. The van der Waals surface area contributed by atoms with Gasteiger partial charge in [-0.15, -0.1) is 0 Å². The molecule has 0 bridgehead atoms. The van der Waals surface area contributed by atoms with Crippen LogP contribution >= 0.6 is 0 Å². The summed E-state index contributed by atoms with van der Waals surface area (Å²) in [5, 5.41) is 7.16. The molecule has 0 spiro atoms. The minimum atomic E-state index is -4.70. The first-order valence-electron chi connectivity index (χ1n) is 6.04. The summed E-state index contributed by atoms with van der Waals surface area (Å²) in [5.74, 6) is 0. The first kappa shape index (κ1) is 17.5. The van der Waals surface area contributed by atoms with Crippen molar-refractivity contribution in [3.8, 4) is 0 Å². The van der Waals surface area contributed by atoms with Gasteiger partial charge in [-0.3, -0.25) is 5.41 Å². The van der Waals surface area contributed by atoms with E-state index in [-0.39, 0.29) is 11.3 Å². The van der Waals surface area contributed by atoms with Gasteiger partial charge in [0.15, 0.2) is 0 Å². The second-order valence-electron chi connectivity index (χ2n) is 4.09. The molecule has 19 heavy (non-hydrogen) atoms. The molecule has 2 nitrogen and oxygen atoms in total. The summed E-state index contributed by atoms with van der Waals surface area (Å²) in [4.78, 5) is 0. The van der Waals surface area contributed by atoms with Crippen molar-refractivity contribution in [1.82, 2.24) is 0 Å². The summed E-state index contributed by atoms with van der Waals surface area (Å²) < 4.78 is 37.6. The van der Waals surface area contributed by atoms with Crippen LogP contribution in [-0.2, 0) is 0 Å². The lowest BCUT2D eigenvalue weighted by Crippen LogP contribution is -2.25. The molecule has 0 aromatic rings. The minimum Gasteiger partial charge on any atom is -0.402 e. The Morgan fingerprint density at radius 3 is 2.32 bits per heavy atom. The Morgan fingerprint density at radius 1 is 1.37 bits per heavy atom. The topological polar surface area (TPSA) is 49.9 Å². The molecule has 0 aliphatic rings. The van der Waals surface area contributed by atoms with E-state index >= 15 is 0 Å². The molecule has 0 aromatic carbocycles. The number of alkyl halides is 3. The first-order chi connectivity index (χ1) is 8.73. The number of allylic oxidation sites excluding steroid dienone is 6. The highest BCUT2D eigenvalue weighted by molar-refractivity contribution is 6.45. The standard InChI is InChI=1S/C13H19BF3N2/c1-4-5-6-7-10(14-3)8-11(9(2)18)12(19)13(15,16)17/h6-8,19H,4-5,18H2,1-3H3/b7-6+,10-8+,11-9-,19-12?. The molecule has 0 aromatic heterocycles. The van der Waals surface area contributed by atoms with E-state index in [4.69, 9.17) is 11.1 Å². The quantitative estimate of drug-likeness (QED) is 0.431. The van der Waals surface area contributed by atoms with Crippen LogP contribution in [0.2, 0.25) is 6.82 Å². The van der Waals surface area contributed by atoms with Gasteiger partial charge in [0, 0.05) is 11.3 Å². The zero-order valence-corrected chi connectivity index (χ0v) is 11.4. The van der Waals surface area contributed by atoms with Crippen LogP contribution in [0.25, 0.3) is 0 Å². The highest BCUT2D eigenvalue weighted by Crippen LogP contribution is 2.23. The predicted molar refractivity (Wildman–Crippen MR) is 74.4 cm³/mol. The molecular weight excluding hydrogens is 252 g/mol. The van der Waals surface area contributed by atoms with Crippen molar-refractivity contribution >= 4 is 13.0 Å². The molecule has 6 heteroatoms. The maximum atomic E-state index is 12.5. The van der Waals surface area contributed by atoms with E-state index in [1.54, 1.807) is 20.2 Å². The lowest BCUT2D eigenvalue weighted by molar-refractivity contribution is -0.0588. The van der Waals surface area contributed by atoms with Crippen molar-refractivity contribution in [1.29, 1.82) is 5.41 Å². The number of hydrogen-bond acceptors (Lipinski definition) is 2. The third-order valence-corrected chi connectivity index (χ3v) is 2.39. The van der Waals surface area contributed by atoms with Crippen LogP contribution < -0.4 is 5.73 Å². The van der Waals surface area contributed by atoms with Crippen molar-refractivity contribution in [2.24, 2.45) is 5.73 Å². The molecule has 0 saturated carbocycles. The fourth-order valence-corrected chi connectivity index (χ4v) is 1.32. The molecule has 0 atom stereocenters. The number of unbranched alkanes of at least 4 members (excludes halogenated alkanes) is 1. The first-order valence-corrected chi connectivity index (χ1v) is 6.04. The summed E-state index contributed by atoms with van der Waals surface area (Å²) >= 11 is 0. The van der Waals surface area contributed by atoms with E-state index in [0.29, 0.717) is 5.47 Å². The summed E-state index contributed by atoms with van der Waals surface area (Å²) in [7, 11) is 1.68. The van der Waals surface area contributed by atoms with Crippen LogP contribution in [-0.4, -0.2) is 19.2 Å². The van der Waals surface area contributed by atoms with Gasteiger partial charge in [-0.1, -0.05) is 43.9 Å². The third kappa shape index (κ3) is 6.31. The monoisotopic (exact) mass is 271 g/mol. The summed E-state index contributed by atoms with van der Waals surface area (Å²) in [6, 6.07) is 0. The molecule has 0 heterocycles. The van der Waals surface area contributed by atoms with Gasteiger partial charge in [0.2, 0.25) is 0 Å². The Labute approximate surface area is 113 Å². The van der Waals surface area contributed by atoms with Crippen LogP contribution in [0.15, 0.2) is 35.0 Å². The van der Waals surface area contributed by atoms with E-state index in [0.717, 1.165) is 12.8 Å². The summed E-state index contributed by atoms with van der Waals surface area (Å²) in [6.07, 6.45) is 2.02. The predicted octanol–water partition coefficient (Wildman–Crippen LogP) is 3.79. The lowest BCUT2D eigenvalue weighted by atomic mass is 9.71. The molecule has 0 unspecified atom stereocenters. The van der Waals surface area contributed by atoms with Crippen LogP contribution in [0.3, 0.4) is 0 Å². The van der Waals surface area contributed by atoms with Gasteiger partial charge in [-0.05, 0) is 13.3 Å². The molecule has 0 fully saturated rings. The molecule has 0 saturated heterocycles. The molecule has 0 amide bonds. The van der Waals surface area contributed by atoms with Crippen molar-refractivity contribution < 1.29 is 13.2 Å². The highest BCUT2D eigenvalue weighted by atomic mass is 19.4. The van der Waals surface area contributed by atoms with Crippen molar-refractivity contribution in [2.45, 2.75) is 39.7 Å². The van der Waals surface area contributed by atoms with Gasteiger partial charge in [0.05, 0.1) is 0 Å². The second kappa shape index (κ2) is 7.87. The number of rotatable bonds is 6. The summed E-state index contributed by atoms with van der Waals surface area (Å²) in [5.41, 5.74) is 4.31. The van der Waals surface area contributed by atoms with Crippen molar-refractivity contribution in [3.63, 3.8) is 0 Å². The van der Waals surface area contributed by atoms with E-state index in [1.165, 1.54) is 13.0 Å². The Kier molecular flexibility index (Phi) is 7.26. The fourth-order valence-electron chi connectivity index (χ4n) is 1.32. The fraction of sp³-hybridized carbons (Fsp3) is 0.462.